The molecule has 0 aromatic heterocycles. The zero-order chi connectivity index (χ0) is 18.9. The third-order valence-corrected chi connectivity index (χ3v) is 5.89. The summed E-state index contributed by atoms with van der Waals surface area (Å²) >= 11 is 0. The smallest absolute Gasteiger partial charge is 0.231 e. The summed E-state index contributed by atoms with van der Waals surface area (Å²) in [7, 11) is 0. The van der Waals surface area contributed by atoms with Crippen molar-refractivity contribution in [3.05, 3.63) is 65.5 Å². The zero-order valence-corrected chi connectivity index (χ0v) is 15.6. The minimum Gasteiger partial charge on any atom is -0.454 e. The van der Waals surface area contributed by atoms with Gasteiger partial charge in [-0.3, -0.25) is 10.3 Å². The van der Waals surface area contributed by atoms with Gasteiger partial charge >= 0.3 is 0 Å². The van der Waals surface area contributed by atoms with Gasteiger partial charge < -0.3 is 9.47 Å². The molecular weight excluding hydrogens is 357 g/mol. The molecule has 5 rings (SSSR count). The van der Waals surface area contributed by atoms with Crippen LogP contribution in [0, 0.1) is 11.7 Å². The minimum atomic E-state index is -0.199. The van der Waals surface area contributed by atoms with Gasteiger partial charge in [0.15, 0.2) is 11.5 Å². The Morgan fingerprint density at radius 2 is 1.93 bits per heavy atom. The van der Waals surface area contributed by atoms with Crippen molar-refractivity contribution in [3.8, 4) is 11.5 Å². The number of nitrogens with one attached hydrogen (secondary N) is 2. The second kappa shape index (κ2) is 7.54. The quantitative estimate of drug-likeness (QED) is 0.852. The van der Waals surface area contributed by atoms with Crippen molar-refractivity contribution >= 4 is 6.08 Å². The lowest BCUT2D eigenvalue weighted by Gasteiger charge is -2.35. The fraction of sp³-hybridized carbons (Fsp3) is 0.364. The first-order valence-corrected chi connectivity index (χ1v) is 9.81. The Morgan fingerprint density at radius 1 is 1.07 bits per heavy atom. The molecule has 6 heteroatoms. The van der Waals surface area contributed by atoms with Crippen LogP contribution < -0.4 is 20.3 Å². The lowest BCUT2D eigenvalue weighted by Crippen LogP contribution is -2.45. The maximum atomic E-state index is 13.0. The number of nitrogens with zero attached hydrogens (tertiary/aromatic N) is 1. The van der Waals surface area contributed by atoms with Gasteiger partial charge in [0.25, 0.3) is 0 Å². The van der Waals surface area contributed by atoms with Gasteiger partial charge in [-0.2, -0.15) is 0 Å². The molecule has 2 aromatic rings. The van der Waals surface area contributed by atoms with Crippen LogP contribution in [-0.4, -0.2) is 37.4 Å². The van der Waals surface area contributed by atoms with Crippen LogP contribution in [0.15, 0.2) is 48.5 Å². The van der Waals surface area contributed by atoms with Crippen LogP contribution >= 0.6 is 0 Å². The van der Waals surface area contributed by atoms with Crippen molar-refractivity contribution in [3.63, 3.8) is 0 Å². The van der Waals surface area contributed by atoms with Crippen LogP contribution in [-0.2, 0) is 0 Å². The molecule has 0 radical (unpaired) electrons. The number of piperidine rings is 1. The van der Waals surface area contributed by atoms with Crippen LogP contribution in [0.1, 0.15) is 23.6 Å². The Labute approximate surface area is 164 Å². The van der Waals surface area contributed by atoms with E-state index in [0.717, 1.165) is 43.1 Å². The number of likely N-dealkylation sites (tertiary alicyclic amines) is 1. The topological polar surface area (TPSA) is 45.8 Å². The van der Waals surface area contributed by atoms with Crippen LogP contribution in [0.3, 0.4) is 0 Å². The van der Waals surface area contributed by atoms with E-state index in [9.17, 15) is 4.39 Å². The van der Waals surface area contributed by atoms with Gasteiger partial charge in [0.2, 0.25) is 6.79 Å². The molecule has 3 atom stereocenters. The predicted molar refractivity (Wildman–Crippen MR) is 105 cm³/mol. The van der Waals surface area contributed by atoms with E-state index in [1.54, 1.807) is 12.1 Å². The Balaban J connectivity index is 1.24. The summed E-state index contributed by atoms with van der Waals surface area (Å²) in [4.78, 5) is 2.48. The maximum Gasteiger partial charge on any atom is 0.231 e. The predicted octanol–water partition coefficient (Wildman–Crippen LogP) is 3.11. The standard InChI is InChI=1S/C22H24FN3O2/c23-17-6-3-15(4-7-17)2-1-10-26-11-9-19-18(13-26)22(25-24-19)16-5-8-20-21(12-16)28-14-27-20/h1-8,12,18-19,22,24-25H,9-11,13-14H2/b2-1+. The highest BCUT2D eigenvalue weighted by atomic mass is 19.1. The average molecular weight is 381 g/mol. The minimum absolute atomic E-state index is 0.199. The van der Waals surface area contributed by atoms with Crippen LogP contribution in [0.25, 0.3) is 6.08 Å². The van der Waals surface area contributed by atoms with E-state index in [1.807, 2.05) is 6.07 Å². The summed E-state index contributed by atoms with van der Waals surface area (Å²) in [6, 6.07) is 13.6. The van der Waals surface area contributed by atoms with E-state index >= 15 is 0 Å². The van der Waals surface area contributed by atoms with Gasteiger partial charge in [-0.05, 0) is 41.8 Å². The van der Waals surface area contributed by atoms with Crippen molar-refractivity contribution in [1.82, 2.24) is 15.8 Å². The molecular formula is C22H24FN3O2. The summed E-state index contributed by atoms with van der Waals surface area (Å²) in [5.74, 6) is 1.95. The van der Waals surface area contributed by atoms with E-state index in [1.165, 1.54) is 17.7 Å². The van der Waals surface area contributed by atoms with Gasteiger partial charge in [0.05, 0.1) is 6.04 Å². The number of fused-ring (bicyclic) bond motifs is 2. The Kier molecular flexibility index (Phi) is 4.76. The van der Waals surface area contributed by atoms with E-state index in [4.69, 9.17) is 9.47 Å². The highest BCUT2D eigenvalue weighted by molar-refractivity contribution is 5.49. The van der Waals surface area contributed by atoms with Gasteiger partial charge in [0, 0.05) is 31.6 Å². The SMILES string of the molecule is Fc1ccc(/C=C/CN2CCC3NNC(c4ccc5c(c4)OCO5)C3C2)cc1. The molecule has 0 amide bonds. The fourth-order valence-corrected chi connectivity index (χ4v) is 4.39. The van der Waals surface area contributed by atoms with Crippen LogP contribution in [0.4, 0.5) is 4.39 Å². The van der Waals surface area contributed by atoms with E-state index in [0.29, 0.717) is 18.8 Å². The summed E-state index contributed by atoms with van der Waals surface area (Å²) in [5, 5.41) is 0. The first kappa shape index (κ1) is 17.7. The highest BCUT2D eigenvalue weighted by Gasteiger charge is 2.40. The van der Waals surface area contributed by atoms with Crippen molar-refractivity contribution in [1.29, 1.82) is 0 Å². The van der Waals surface area contributed by atoms with Crippen LogP contribution in [0.5, 0.6) is 11.5 Å². The van der Waals surface area contributed by atoms with Gasteiger partial charge in [0.1, 0.15) is 5.82 Å². The molecule has 5 nitrogen and oxygen atoms in total. The Morgan fingerprint density at radius 3 is 2.82 bits per heavy atom. The molecule has 0 aliphatic carbocycles. The molecule has 2 aromatic carbocycles. The molecule has 0 saturated carbocycles. The number of ether oxygens (including phenoxy) is 2. The molecule has 3 aliphatic rings. The lowest BCUT2D eigenvalue weighted by atomic mass is 9.85. The average Bonchev–Trinajstić information content (AvgIpc) is 3.35. The van der Waals surface area contributed by atoms with Crippen molar-refractivity contribution in [2.75, 3.05) is 26.4 Å². The lowest BCUT2D eigenvalue weighted by molar-refractivity contribution is 0.168. The summed E-state index contributed by atoms with van der Waals surface area (Å²) in [6.45, 7) is 3.29. The number of hydrazine groups is 1. The second-order valence-corrected chi connectivity index (χ2v) is 7.65. The number of benzene rings is 2. The number of hydrogen-bond acceptors (Lipinski definition) is 5. The molecule has 2 N–H and O–H groups in total. The Bertz CT molecular complexity index is 871. The molecule has 2 saturated heterocycles. The largest absolute Gasteiger partial charge is 0.454 e. The van der Waals surface area contributed by atoms with Crippen molar-refractivity contribution in [2.24, 2.45) is 5.92 Å². The van der Waals surface area contributed by atoms with Crippen LogP contribution in [0.2, 0.25) is 0 Å². The third kappa shape index (κ3) is 3.51. The number of halogens is 1. The maximum absolute atomic E-state index is 13.0. The highest BCUT2D eigenvalue weighted by Crippen LogP contribution is 2.39. The molecule has 0 spiro atoms. The van der Waals surface area contributed by atoms with Crippen molar-refractivity contribution < 1.29 is 13.9 Å². The molecule has 3 heterocycles. The van der Waals surface area contributed by atoms with Gasteiger partial charge in [-0.1, -0.05) is 30.4 Å². The van der Waals surface area contributed by atoms with Gasteiger partial charge in [-0.25, -0.2) is 9.82 Å². The van der Waals surface area contributed by atoms with Gasteiger partial charge in [-0.15, -0.1) is 0 Å². The first-order chi connectivity index (χ1) is 13.8. The van der Waals surface area contributed by atoms with E-state index in [2.05, 4.69) is 40.0 Å². The monoisotopic (exact) mass is 381 g/mol. The first-order valence-electron chi connectivity index (χ1n) is 9.81. The van der Waals surface area contributed by atoms with Crippen molar-refractivity contribution in [2.45, 2.75) is 18.5 Å². The molecule has 0 bridgehead atoms. The summed E-state index contributed by atoms with van der Waals surface area (Å²) in [5.41, 5.74) is 9.22. The summed E-state index contributed by atoms with van der Waals surface area (Å²) in [6.07, 6.45) is 5.34. The second-order valence-electron chi connectivity index (χ2n) is 7.65. The third-order valence-electron chi connectivity index (χ3n) is 5.89. The molecule has 146 valence electrons. The molecule has 28 heavy (non-hydrogen) atoms. The normalized spacial score (nSPS) is 26.7. The molecule has 3 unspecified atom stereocenters. The van der Waals surface area contributed by atoms with E-state index in [-0.39, 0.29) is 11.9 Å². The summed E-state index contributed by atoms with van der Waals surface area (Å²) < 4.78 is 24.0. The molecule has 3 aliphatic heterocycles. The fourth-order valence-electron chi connectivity index (χ4n) is 4.39. The number of rotatable bonds is 4. The zero-order valence-electron chi connectivity index (χ0n) is 15.6. The number of hydrogen-bond donors (Lipinski definition) is 2. The van der Waals surface area contributed by atoms with E-state index < -0.39 is 0 Å². The Hall–Kier alpha value is -2.41. The molecule has 2 fully saturated rings.